The summed E-state index contributed by atoms with van der Waals surface area (Å²) in [5.41, 5.74) is 13.1. The minimum atomic E-state index is -1.18. The fourth-order valence-corrected chi connectivity index (χ4v) is 3.11. The van der Waals surface area contributed by atoms with Crippen molar-refractivity contribution in [2.75, 3.05) is 5.73 Å². The molecule has 33 heavy (non-hydrogen) atoms. The number of anilines is 1. The third kappa shape index (κ3) is 8.72. The SMILES string of the molecule is CC[C@H](C)[C@H](NC(=O)[C@@H](NC(=O)[C@@H](N)Cc1ccc(N)cc1)C(C)C)C(=O)N[C@@H](C)C(=O)O. The number of hydrogen-bond donors (Lipinski definition) is 6. The lowest BCUT2D eigenvalue weighted by atomic mass is 9.96. The number of nitrogens with one attached hydrogen (secondary N) is 3. The van der Waals surface area contributed by atoms with Crippen molar-refractivity contribution in [2.45, 2.75) is 71.6 Å². The van der Waals surface area contributed by atoms with E-state index in [4.69, 9.17) is 16.6 Å². The van der Waals surface area contributed by atoms with Crippen LogP contribution in [0.3, 0.4) is 0 Å². The Morgan fingerprint density at radius 3 is 1.88 bits per heavy atom. The van der Waals surface area contributed by atoms with E-state index in [1.807, 2.05) is 6.92 Å². The molecule has 3 amide bonds. The summed E-state index contributed by atoms with van der Waals surface area (Å²) in [5, 5.41) is 16.8. The topological polar surface area (TPSA) is 177 Å². The van der Waals surface area contributed by atoms with Gasteiger partial charge in [0, 0.05) is 5.69 Å². The Morgan fingerprint density at radius 2 is 1.39 bits per heavy atom. The van der Waals surface area contributed by atoms with Crippen LogP contribution in [-0.4, -0.2) is 53.0 Å². The molecule has 1 aromatic rings. The molecule has 0 heterocycles. The van der Waals surface area contributed by atoms with Crippen molar-refractivity contribution in [3.05, 3.63) is 29.8 Å². The maximum Gasteiger partial charge on any atom is 0.325 e. The highest BCUT2D eigenvalue weighted by molar-refractivity contribution is 5.94. The maximum atomic E-state index is 13.0. The van der Waals surface area contributed by atoms with Crippen molar-refractivity contribution in [3.8, 4) is 0 Å². The highest BCUT2D eigenvalue weighted by Gasteiger charge is 2.33. The predicted molar refractivity (Wildman–Crippen MR) is 126 cm³/mol. The van der Waals surface area contributed by atoms with Gasteiger partial charge in [-0.05, 0) is 42.9 Å². The minimum absolute atomic E-state index is 0.258. The summed E-state index contributed by atoms with van der Waals surface area (Å²) in [6.45, 7) is 8.51. The monoisotopic (exact) mass is 463 g/mol. The first kappa shape index (κ1) is 27.9. The van der Waals surface area contributed by atoms with Gasteiger partial charge >= 0.3 is 5.97 Å². The number of rotatable bonds is 12. The molecule has 10 heteroatoms. The molecule has 0 radical (unpaired) electrons. The molecule has 0 aliphatic rings. The fraction of sp³-hybridized carbons (Fsp3) is 0.565. The summed E-state index contributed by atoms with van der Waals surface area (Å²) in [5.74, 6) is -3.35. The number of carboxylic acid groups (broad SMARTS) is 1. The van der Waals surface area contributed by atoms with Gasteiger partial charge in [0.15, 0.2) is 0 Å². The standard InChI is InChI=1S/C23H37N5O5/c1-6-13(4)19(22(31)26-14(5)23(32)33)28-21(30)18(12(2)3)27-20(29)17(25)11-15-7-9-16(24)10-8-15/h7-10,12-14,17-19H,6,11,24-25H2,1-5H3,(H,26,31)(H,27,29)(H,28,30)(H,32,33)/t13-,14-,17-,18-,19-/m0/s1. The van der Waals surface area contributed by atoms with Gasteiger partial charge in [-0.1, -0.05) is 46.2 Å². The van der Waals surface area contributed by atoms with E-state index in [2.05, 4.69) is 16.0 Å². The third-order valence-electron chi connectivity index (χ3n) is 5.54. The number of nitrogens with two attached hydrogens (primary N) is 2. The zero-order valence-electron chi connectivity index (χ0n) is 19.9. The van der Waals surface area contributed by atoms with Gasteiger partial charge in [0.2, 0.25) is 17.7 Å². The van der Waals surface area contributed by atoms with E-state index in [1.54, 1.807) is 45.0 Å². The van der Waals surface area contributed by atoms with E-state index in [0.717, 1.165) is 5.56 Å². The second-order valence-electron chi connectivity index (χ2n) is 8.72. The van der Waals surface area contributed by atoms with Crippen molar-refractivity contribution in [1.82, 2.24) is 16.0 Å². The summed E-state index contributed by atoms with van der Waals surface area (Å²) in [7, 11) is 0. The number of carbonyl (C=O) groups is 4. The number of amides is 3. The maximum absolute atomic E-state index is 13.0. The van der Waals surface area contributed by atoms with Gasteiger partial charge < -0.3 is 32.5 Å². The minimum Gasteiger partial charge on any atom is -0.480 e. The lowest BCUT2D eigenvalue weighted by Gasteiger charge is -2.29. The lowest BCUT2D eigenvalue weighted by Crippen LogP contribution is -2.59. The van der Waals surface area contributed by atoms with E-state index < -0.39 is 47.9 Å². The van der Waals surface area contributed by atoms with Gasteiger partial charge in [-0.15, -0.1) is 0 Å². The smallest absolute Gasteiger partial charge is 0.325 e. The third-order valence-corrected chi connectivity index (χ3v) is 5.54. The van der Waals surface area contributed by atoms with Crippen LogP contribution in [0, 0.1) is 11.8 Å². The number of hydrogen-bond acceptors (Lipinski definition) is 6. The molecule has 8 N–H and O–H groups in total. The first-order valence-electron chi connectivity index (χ1n) is 11.1. The molecule has 0 saturated heterocycles. The number of aliphatic carboxylic acids is 1. The molecule has 0 spiro atoms. The first-order valence-corrected chi connectivity index (χ1v) is 11.1. The van der Waals surface area contributed by atoms with Gasteiger partial charge in [0.1, 0.15) is 18.1 Å². The zero-order valence-corrected chi connectivity index (χ0v) is 19.9. The van der Waals surface area contributed by atoms with Crippen LogP contribution in [0.1, 0.15) is 46.6 Å². The first-order chi connectivity index (χ1) is 15.4. The molecule has 0 aliphatic heterocycles. The molecule has 0 aliphatic carbocycles. The molecular weight excluding hydrogens is 426 g/mol. The van der Waals surface area contributed by atoms with Crippen LogP contribution in [0.2, 0.25) is 0 Å². The molecule has 1 rings (SSSR count). The Morgan fingerprint density at radius 1 is 0.879 bits per heavy atom. The van der Waals surface area contributed by atoms with Crippen molar-refractivity contribution < 1.29 is 24.3 Å². The van der Waals surface area contributed by atoms with Crippen LogP contribution in [0.15, 0.2) is 24.3 Å². The van der Waals surface area contributed by atoms with Crippen molar-refractivity contribution >= 4 is 29.4 Å². The quantitative estimate of drug-likeness (QED) is 0.243. The van der Waals surface area contributed by atoms with Crippen LogP contribution >= 0.6 is 0 Å². The van der Waals surface area contributed by atoms with Crippen LogP contribution in [0.25, 0.3) is 0 Å². The van der Waals surface area contributed by atoms with Gasteiger partial charge in [-0.25, -0.2) is 0 Å². The molecule has 0 unspecified atom stereocenters. The molecule has 0 saturated carbocycles. The summed E-state index contributed by atoms with van der Waals surface area (Å²) in [4.78, 5) is 49.4. The average Bonchev–Trinajstić information content (AvgIpc) is 2.75. The van der Waals surface area contributed by atoms with Crippen molar-refractivity contribution in [2.24, 2.45) is 17.6 Å². The summed E-state index contributed by atoms with van der Waals surface area (Å²) >= 11 is 0. The summed E-state index contributed by atoms with van der Waals surface area (Å²) in [6.07, 6.45) is 0.842. The highest BCUT2D eigenvalue weighted by Crippen LogP contribution is 2.12. The van der Waals surface area contributed by atoms with Crippen LogP contribution < -0.4 is 27.4 Å². The molecular formula is C23H37N5O5. The number of nitrogen functional groups attached to an aromatic ring is 1. The van der Waals surface area contributed by atoms with Gasteiger partial charge in [0.05, 0.1) is 6.04 Å². The van der Waals surface area contributed by atoms with E-state index in [-0.39, 0.29) is 18.3 Å². The van der Waals surface area contributed by atoms with Crippen molar-refractivity contribution in [1.29, 1.82) is 0 Å². The van der Waals surface area contributed by atoms with Gasteiger partial charge in [0.25, 0.3) is 0 Å². The molecule has 0 bridgehead atoms. The van der Waals surface area contributed by atoms with Crippen LogP contribution in [-0.2, 0) is 25.6 Å². The normalized spacial score (nSPS) is 15.6. The Labute approximate surface area is 194 Å². The van der Waals surface area contributed by atoms with E-state index in [0.29, 0.717) is 12.1 Å². The molecule has 1 aromatic carbocycles. The second-order valence-corrected chi connectivity index (χ2v) is 8.72. The predicted octanol–water partition coefficient (Wildman–Crippen LogP) is 0.400. The second kappa shape index (κ2) is 12.8. The average molecular weight is 464 g/mol. The molecule has 0 aromatic heterocycles. The fourth-order valence-electron chi connectivity index (χ4n) is 3.11. The Balaban J connectivity index is 2.89. The molecule has 0 fully saturated rings. The van der Waals surface area contributed by atoms with Crippen LogP contribution in [0.5, 0.6) is 0 Å². The Kier molecular flexibility index (Phi) is 10.8. The van der Waals surface area contributed by atoms with E-state index in [1.165, 1.54) is 6.92 Å². The highest BCUT2D eigenvalue weighted by atomic mass is 16.4. The number of carbonyl (C=O) groups excluding carboxylic acids is 3. The molecule has 184 valence electrons. The molecule has 10 nitrogen and oxygen atoms in total. The lowest BCUT2D eigenvalue weighted by molar-refractivity contribution is -0.142. The van der Waals surface area contributed by atoms with Crippen molar-refractivity contribution in [3.63, 3.8) is 0 Å². The number of carboxylic acids is 1. The summed E-state index contributed by atoms with van der Waals surface area (Å²) < 4.78 is 0. The Bertz CT molecular complexity index is 827. The van der Waals surface area contributed by atoms with Crippen LogP contribution in [0.4, 0.5) is 5.69 Å². The van der Waals surface area contributed by atoms with E-state index in [9.17, 15) is 19.2 Å². The van der Waals surface area contributed by atoms with E-state index >= 15 is 0 Å². The largest absolute Gasteiger partial charge is 0.480 e. The number of benzene rings is 1. The van der Waals surface area contributed by atoms with Gasteiger partial charge in [-0.3, -0.25) is 19.2 Å². The summed E-state index contributed by atoms with van der Waals surface area (Å²) in [6, 6.07) is 3.13. The Hall–Kier alpha value is -3.14. The zero-order chi connectivity index (χ0) is 25.3. The van der Waals surface area contributed by atoms with Gasteiger partial charge in [-0.2, -0.15) is 0 Å². The molecule has 5 atom stereocenters.